The smallest absolute Gasteiger partial charge is 0.251 e. The van der Waals surface area contributed by atoms with Crippen molar-refractivity contribution in [3.8, 4) is 0 Å². The van der Waals surface area contributed by atoms with Gasteiger partial charge >= 0.3 is 0 Å². The molecule has 7 heteroatoms. The van der Waals surface area contributed by atoms with Gasteiger partial charge in [-0.3, -0.25) is 14.5 Å². The van der Waals surface area contributed by atoms with Gasteiger partial charge in [0, 0.05) is 0 Å². The van der Waals surface area contributed by atoms with Crippen LogP contribution in [-0.2, 0) is 4.79 Å². The molecule has 1 aromatic rings. The number of hydrogen-bond donors (Lipinski definition) is 3. The number of amides is 2. The molecule has 2 heterocycles. The molecular formula is C14H22N4O2S. The van der Waals surface area contributed by atoms with Crippen molar-refractivity contribution in [3.63, 3.8) is 0 Å². The van der Waals surface area contributed by atoms with Gasteiger partial charge in [0.1, 0.15) is 5.00 Å². The first-order valence-corrected chi connectivity index (χ1v) is 8.07. The van der Waals surface area contributed by atoms with Crippen LogP contribution in [0.1, 0.15) is 29.6 Å². The summed E-state index contributed by atoms with van der Waals surface area (Å²) in [5.41, 5.74) is 11.2. The van der Waals surface area contributed by atoms with Gasteiger partial charge in [0.15, 0.2) is 0 Å². The standard InChI is InChI=1S/C14H22N4O2S/c15-5-1-10-2-6-18(7-3-10)9-12(19)17-14-11(13(16)20)4-8-21-14/h4,8,10H,1-3,5-7,9,15H2,(H2,16,20)(H,17,19). The number of piperidine rings is 1. The number of likely N-dealkylation sites (tertiary alicyclic amines) is 1. The number of nitrogens with two attached hydrogens (primary N) is 2. The molecule has 1 aliphatic rings. The van der Waals surface area contributed by atoms with E-state index in [0.29, 0.717) is 23.0 Å². The minimum atomic E-state index is -0.519. The van der Waals surface area contributed by atoms with Crippen LogP contribution in [0, 0.1) is 5.92 Å². The summed E-state index contributed by atoms with van der Waals surface area (Å²) >= 11 is 1.31. The molecule has 1 fully saturated rings. The van der Waals surface area contributed by atoms with Crippen LogP contribution in [-0.4, -0.2) is 42.9 Å². The van der Waals surface area contributed by atoms with E-state index in [-0.39, 0.29) is 5.91 Å². The van der Waals surface area contributed by atoms with Crippen LogP contribution in [0.25, 0.3) is 0 Å². The number of thiophene rings is 1. The third-order valence-electron chi connectivity index (χ3n) is 3.83. The highest BCUT2D eigenvalue weighted by Crippen LogP contribution is 2.23. The van der Waals surface area contributed by atoms with Crippen molar-refractivity contribution in [2.45, 2.75) is 19.3 Å². The second kappa shape index (κ2) is 7.53. The summed E-state index contributed by atoms with van der Waals surface area (Å²) in [5, 5.41) is 5.05. The molecule has 1 saturated heterocycles. The molecule has 6 nitrogen and oxygen atoms in total. The van der Waals surface area contributed by atoms with Crippen LogP contribution in [0.2, 0.25) is 0 Å². The molecule has 5 N–H and O–H groups in total. The first-order chi connectivity index (χ1) is 10.1. The topological polar surface area (TPSA) is 101 Å². The van der Waals surface area contributed by atoms with Crippen LogP contribution in [0.5, 0.6) is 0 Å². The second-order valence-electron chi connectivity index (χ2n) is 5.37. The number of carbonyl (C=O) groups excluding carboxylic acids is 2. The van der Waals surface area contributed by atoms with Gasteiger partial charge < -0.3 is 16.8 Å². The van der Waals surface area contributed by atoms with E-state index in [1.165, 1.54) is 11.3 Å². The van der Waals surface area contributed by atoms with Gasteiger partial charge in [0.2, 0.25) is 5.91 Å². The predicted molar refractivity (Wildman–Crippen MR) is 84.3 cm³/mol. The monoisotopic (exact) mass is 310 g/mol. The normalized spacial score (nSPS) is 16.8. The third-order valence-corrected chi connectivity index (χ3v) is 4.66. The Balaban J connectivity index is 1.80. The van der Waals surface area contributed by atoms with Crippen molar-refractivity contribution < 1.29 is 9.59 Å². The van der Waals surface area contributed by atoms with Crippen LogP contribution in [0.15, 0.2) is 11.4 Å². The lowest BCUT2D eigenvalue weighted by Gasteiger charge is -2.31. The Labute approximate surface area is 128 Å². The van der Waals surface area contributed by atoms with E-state index in [1.807, 2.05) is 0 Å². The Morgan fingerprint density at radius 1 is 1.38 bits per heavy atom. The number of carbonyl (C=O) groups is 2. The van der Waals surface area contributed by atoms with Crippen molar-refractivity contribution in [1.82, 2.24) is 4.90 Å². The molecule has 1 aromatic heterocycles. The van der Waals surface area contributed by atoms with E-state index in [0.717, 1.165) is 38.9 Å². The zero-order chi connectivity index (χ0) is 15.2. The molecule has 2 amide bonds. The maximum Gasteiger partial charge on any atom is 0.251 e. The highest BCUT2D eigenvalue weighted by molar-refractivity contribution is 7.14. The summed E-state index contributed by atoms with van der Waals surface area (Å²) in [6, 6.07) is 1.63. The van der Waals surface area contributed by atoms with Crippen molar-refractivity contribution in [1.29, 1.82) is 0 Å². The molecular weight excluding hydrogens is 288 g/mol. The highest BCUT2D eigenvalue weighted by atomic mass is 32.1. The van der Waals surface area contributed by atoms with Crippen molar-refractivity contribution in [3.05, 3.63) is 17.0 Å². The largest absolute Gasteiger partial charge is 0.366 e. The molecule has 1 aliphatic heterocycles. The summed E-state index contributed by atoms with van der Waals surface area (Å²) in [5.74, 6) is 0.0689. The van der Waals surface area contributed by atoms with E-state index >= 15 is 0 Å². The van der Waals surface area contributed by atoms with Gasteiger partial charge in [-0.1, -0.05) is 0 Å². The number of rotatable bonds is 6. The molecule has 0 unspecified atom stereocenters. The van der Waals surface area contributed by atoms with E-state index < -0.39 is 5.91 Å². The number of nitrogens with one attached hydrogen (secondary N) is 1. The molecule has 0 aromatic carbocycles. The van der Waals surface area contributed by atoms with Crippen LogP contribution in [0.4, 0.5) is 5.00 Å². The number of nitrogens with zero attached hydrogens (tertiary/aromatic N) is 1. The average Bonchev–Trinajstić information content (AvgIpc) is 2.89. The van der Waals surface area contributed by atoms with Crippen LogP contribution < -0.4 is 16.8 Å². The van der Waals surface area contributed by atoms with Gasteiger partial charge in [-0.05, 0) is 56.3 Å². The molecule has 0 atom stereocenters. The van der Waals surface area contributed by atoms with Gasteiger partial charge in [0.05, 0.1) is 12.1 Å². The first-order valence-electron chi connectivity index (χ1n) is 7.19. The Hall–Kier alpha value is -1.44. The second-order valence-corrected chi connectivity index (χ2v) is 6.29. The van der Waals surface area contributed by atoms with Gasteiger partial charge in [-0.2, -0.15) is 0 Å². The van der Waals surface area contributed by atoms with Gasteiger partial charge in [-0.25, -0.2) is 0 Å². The minimum absolute atomic E-state index is 0.0998. The number of anilines is 1. The van der Waals surface area contributed by atoms with E-state index in [4.69, 9.17) is 11.5 Å². The predicted octanol–water partition coefficient (Wildman–Crippen LogP) is 0.846. The molecule has 0 saturated carbocycles. The Bertz CT molecular complexity index is 495. The fraction of sp³-hybridized carbons (Fsp3) is 0.571. The molecule has 116 valence electrons. The zero-order valence-corrected chi connectivity index (χ0v) is 12.8. The highest BCUT2D eigenvalue weighted by Gasteiger charge is 2.21. The fourth-order valence-corrected chi connectivity index (χ4v) is 3.45. The lowest BCUT2D eigenvalue weighted by atomic mass is 9.94. The number of hydrogen-bond acceptors (Lipinski definition) is 5. The lowest BCUT2D eigenvalue weighted by molar-refractivity contribution is -0.117. The Kier molecular flexibility index (Phi) is 5.72. The lowest BCUT2D eigenvalue weighted by Crippen LogP contribution is -2.39. The van der Waals surface area contributed by atoms with Gasteiger partial charge in [-0.15, -0.1) is 11.3 Å². The van der Waals surface area contributed by atoms with Crippen LogP contribution >= 0.6 is 11.3 Å². The fourth-order valence-electron chi connectivity index (χ4n) is 2.64. The molecule has 0 bridgehead atoms. The zero-order valence-electron chi connectivity index (χ0n) is 12.0. The summed E-state index contributed by atoms with van der Waals surface area (Å²) < 4.78 is 0. The molecule has 0 aliphatic carbocycles. The summed E-state index contributed by atoms with van der Waals surface area (Å²) in [7, 11) is 0. The Morgan fingerprint density at radius 3 is 2.71 bits per heavy atom. The molecule has 0 spiro atoms. The van der Waals surface area contributed by atoms with E-state index in [9.17, 15) is 9.59 Å². The minimum Gasteiger partial charge on any atom is -0.366 e. The summed E-state index contributed by atoms with van der Waals surface area (Å²) in [6.07, 6.45) is 3.25. The maximum atomic E-state index is 12.0. The molecule has 0 radical (unpaired) electrons. The summed E-state index contributed by atoms with van der Waals surface area (Å²) in [4.78, 5) is 25.4. The summed E-state index contributed by atoms with van der Waals surface area (Å²) in [6.45, 7) is 2.93. The van der Waals surface area contributed by atoms with E-state index in [2.05, 4.69) is 10.2 Å². The number of primary amides is 1. The van der Waals surface area contributed by atoms with Crippen molar-refractivity contribution in [2.24, 2.45) is 17.4 Å². The molecule has 21 heavy (non-hydrogen) atoms. The first kappa shape index (κ1) is 15.9. The Morgan fingerprint density at radius 2 is 2.10 bits per heavy atom. The van der Waals surface area contributed by atoms with E-state index in [1.54, 1.807) is 11.4 Å². The van der Waals surface area contributed by atoms with Gasteiger partial charge in [0.25, 0.3) is 5.91 Å². The van der Waals surface area contributed by atoms with Crippen LogP contribution in [0.3, 0.4) is 0 Å². The SMILES string of the molecule is NCCC1CCN(CC(=O)Nc2sccc2C(N)=O)CC1. The maximum absolute atomic E-state index is 12.0. The molecule has 2 rings (SSSR count). The quantitative estimate of drug-likeness (QED) is 0.725. The average molecular weight is 310 g/mol. The van der Waals surface area contributed by atoms with Crippen molar-refractivity contribution >= 4 is 28.2 Å². The third kappa shape index (κ3) is 4.52. The van der Waals surface area contributed by atoms with Crippen molar-refractivity contribution in [2.75, 3.05) is 31.5 Å².